The van der Waals surface area contributed by atoms with Gasteiger partial charge in [-0.1, -0.05) is 6.07 Å². The molecule has 1 aromatic heterocycles. The van der Waals surface area contributed by atoms with E-state index < -0.39 is 30.6 Å². The molecule has 0 aliphatic carbocycles. The Bertz CT molecular complexity index is 1190. The molecule has 3 N–H and O–H groups in total. The summed E-state index contributed by atoms with van der Waals surface area (Å²) in [7, 11) is 1.57. The highest BCUT2D eigenvalue weighted by molar-refractivity contribution is 5.91. The highest BCUT2D eigenvalue weighted by Crippen LogP contribution is 2.33. The van der Waals surface area contributed by atoms with E-state index in [-0.39, 0.29) is 19.0 Å². The van der Waals surface area contributed by atoms with Crippen molar-refractivity contribution in [3.63, 3.8) is 0 Å². The number of carbonyl (C=O) groups excluding carboxylic acids is 2. The van der Waals surface area contributed by atoms with E-state index >= 15 is 0 Å². The van der Waals surface area contributed by atoms with Crippen molar-refractivity contribution in [2.45, 2.75) is 38.9 Å². The van der Waals surface area contributed by atoms with Gasteiger partial charge in [-0.2, -0.15) is 13.2 Å². The Hall–Kier alpha value is -3.54. The van der Waals surface area contributed by atoms with Gasteiger partial charge in [-0.15, -0.1) is 0 Å². The first-order valence-electron chi connectivity index (χ1n) is 13.1. The average molecular weight is 549 g/mol. The third kappa shape index (κ3) is 7.53. The topological polar surface area (TPSA) is 98.8 Å². The number of likely N-dealkylation sites (tertiary alicyclic amines) is 1. The summed E-state index contributed by atoms with van der Waals surface area (Å²) < 4.78 is 43.8. The third-order valence-electron chi connectivity index (χ3n) is 7.04. The van der Waals surface area contributed by atoms with E-state index in [0.29, 0.717) is 44.2 Å². The minimum absolute atomic E-state index is 0.0792. The van der Waals surface area contributed by atoms with Crippen LogP contribution in [0.3, 0.4) is 0 Å². The lowest BCUT2D eigenvalue weighted by Gasteiger charge is -2.29. The SMILES string of the molecule is CNC(=O)C(C)Nc1cc(-c2cc(NC(=O)N3CC[C@@H](CC(F)(F)F)C3)ccc2C)cc(N2CCOCC2)n1. The number of benzene rings is 1. The van der Waals surface area contributed by atoms with E-state index in [0.717, 1.165) is 22.5 Å². The molecule has 0 radical (unpaired) electrons. The molecule has 1 aromatic carbocycles. The van der Waals surface area contributed by atoms with Gasteiger partial charge in [-0.3, -0.25) is 4.79 Å². The first kappa shape index (κ1) is 28.5. The van der Waals surface area contributed by atoms with Crippen LogP contribution in [0.4, 0.5) is 35.3 Å². The molecule has 2 atom stereocenters. The van der Waals surface area contributed by atoms with Crippen molar-refractivity contribution in [2.75, 3.05) is 62.0 Å². The minimum atomic E-state index is -4.24. The van der Waals surface area contributed by atoms with Crippen molar-refractivity contribution >= 4 is 29.3 Å². The van der Waals surface area contributed by atoms with Crippen LogP contribution < -0.4 is 20.9 Å². The van der Waals surface area contributed by atoms with Gasteiger partial charge in [0, 0.05) is 45.3 Å². The van der Waals surface area contributed by atoms with Crippen molar-refractivity contribution in [3.8, 4) is 11.1 Å². The molecule has 2 aliphatic rings. The maximum Gasteiger partial charge on any atom is 0.389 e. The molecule has 0 spiro atoms. The van der Waals surface area contributed by atoms with Crippen LogP contribution in [0.25, 0.3) is 11.1 Å². The number of nitrogens with one attached hydrogen (secondary N) is 3. The van der Waals surface area contributed by atoms with E-state index in [4.69, 9.17) is 9.72 Å². The molecule has 3 heterocycles. The number of hydrogen-bond donors (Lipinski definition) is 3. The minimum Gasteiger partial charge on any atom is -0.378 e. The molecule has 2 saturated heterocycles. The first-order chi connectivity index (χ1) is 18.5. The zero-order valence-electron chi connectivity index (χ0n) is 22.4. The van der Waals surface area contributed by atoms with Crippen molar-refractivity contribution in [3.05, 3.63) is 35.9 Å². The smallest absolute Gasteiger partial charge is 0.378 e. The summed E-state index contributed by atoms with van der Waals surface area (Å²) >= 11 is 0. The number of alkyl halides is 3. The number of amides is 3. The molecule has 3 amide bonds. The fourth-order valence-electron chi connectivity index (χ4n) is 4.93. The molecule has 1 unspecified atom stereocenters. The van der Waals surface area contributed by atoms with Crippen molar-refractivity contribution in [1.82, 2.24) is 15.2 Å². The van der Waals surface area contributed by atoms with Gasteiger partial charge in [0.1, 0.15) is 17.7 Å². The summed E-state index contributed by atoms with van der Waals surface area (Å²) in [5.41, 5.74) is 3.21. The second-order valence-corrected chi connectivity index (χ2v) is 10.1. The number of pyridine rings is 1. The zero-order chi connectivity index (χ0) is 28.2. The molecular weight excluding hydrogens is 513 g/mol. The molecule has 0 saturated carbocycles. The molecule has 4 rings (SSSR count). The fraction of sp³-hybridized carbons (Fsp3) is 0.519. The van der Waals surface area contributed by atoms with E-state index in [1.54, 1.807) is 20.0 Å². The van der Waals surface area contributed by atoms with Crippen molar-refractivity contribution in [1.29, 1.82) is 0 Å². The number of ether oxygens (including phenoxy) is 1. The maximum atomic E-state index is 12.8. The number of nitrogens with zero attached hydrogens (tertiary/aromatic N) is 3. The number of aromatic nitrogens is 1. The monoisotopic (exact) mass is 548 g/mol. The highest BCUT2D eigenvalue weighted by Gasteiger charge is 2.36. The lowest BCUT2D eigenvalue weighted by molar-refractivity contribution is -0.143. The number of rotatable bonds is 7. The number of aryl methyl sites for hydroxylation is 1. The summed E-state index contributed by atoms with van der Waals surface area (Å²) in [5.74, 6) is 0.522. The van der Waals surface area contributed by atoms with Crippen LogP contribution in [0.5, 0.6) is 0 Å². The van der Waals surface area contributed by atoms with Crippen molar-refractivity contribution < 1.29 is 27.5 Å². The molecule has 12 heteroatoms. The van der Waals surface area contributed by atoms with Gasteiger partial charge >= 0.3 is 12.2 Å². The van der Waals surface area contributed by atoms with Gasteiger partial charge < -0.3 is 30.5 Å². The number of urea groups is 1. The van der Waals surface area contributed by atoms with Crippen molar-refractivity contribution in [2.24, 2.45) is 5.92 Å². The summed E-state index contributed by atoms with van der Waals surface area (Å²) in [6, 6.07) is 8.41. The van der Waals surface area contributed by atoms with Gasteiger partial charge in [0.25, 0.3) is 0 Å². The van der Waals surface area contributed by atoms with Crippen LogP contribution in [-0.2, 0) is 9.53 Å². The number of hydrogen-bond acceptors (Lipinski definition) is 6. The summed E-state index contributed by atoms with van der Waals surface area (Å²) in [4.78, 5) is 33.3. The normalized spacial score (nSPS) is 18.6. The Morgan fingerprint density at radius 2 is 1.90 bits per heavy atom. The molecular formula is C27H35F3N6O3. The molecule has 2 fully saturated rings. The van der Waals surface area contributed by atoms with Crippen LogP contribution in [-0.4, -0.2) is 80.5 Å². The number of morpholine rings is 1. The Morgan fingerprint density at radius 1 is 1.15 bits per heavy atom. The van der Waals surface area contributed by atoms with Gasteiger partial charge in [-0.05, 0) is 67.1 Å². The third-order valence-corrected chi connectivity index (χ3v) is 7.04. The van der Waals surface area contributed by atoms with E-state index in [1.165, 1.54) is 4.90 Å². The Kier molecular flexibility index (Phi) is 8.83. The standard InChI is InChI=1S/C27H35F3N6O3/c1-17-4-5-21(33-26(38)36-7-6-19(16-36)15-27(28,29)30)14-22(17)20-12-23(32-18(2)25(37)31-3)34-24(13-20)35-8-10-39-11-9-35/h4-5,12-14,18-19H,6-11,15-16H2,1-3H3,(H,31,37)(H,32,34)(H,33,38)/t18?,19-/m0/s1. The number of halogens is 3. The number of carbonyl (C=O) groups is 2. The fourth-order valence-corrected chi connectivity index (χ4v) is 4.93. The van der Waals surface area contributed by atoms with Crippen LogP contribution in [0.1, 0.15) is 25.3 Å². The van der Waals surface area contributed by atoms with Gasteiger partial charge in [-0.25, -0.2) is 9.78 Å². The zero-order valence-corrected chi connectivity index (χ0v) is 22.4. The van der Waals surface area contributed by atoms with Crippen LogP contribution >= 0.6 is 0 Å². The Labute approximate surface area is 226 Å². The van der Waals surface area contributed by atoms with Gasteiger partial charge in [0.15, 0.2) is 0 Å². The van der Waals surface area contributed by atoms with Crippen LogP contribution in [0, 0.1) is 12.8 Å². The molecule has 2 aromatic rings. The molecule has 0 bridgehead atoms. The number of likely N-dealkylation sites (N-methyl/N-ethyl adjacent to an activating group) is 1. The summed E-state index contributed by atoms with van der Waals surface area (Å²) in [5, 5.41) is 8.64. The first-order valence-corrected chi connectivity index (χ1v) is 13.1. The lowest BCUT2D eigenvalue weighted by Crippen LogP contribution is -2.37. The molecule has 39 heavy (non-hydrogen) atoms. The predicted molar refractivity (Wildman–Crippen MR) is 144 cm³/mol. The van der Waals surface area contributed by atoms with Crippen LogP contribution in [0.15, 0.2) is 30.3 Å². The van der Waals surface area contributed by atoms with Crippen LogP contribution in [0.2, 0.25) is 0 Å². The van der Waals surface area contributed by atoms with Gasteiger partial charge in [0.2, 0.25) is 5.91 Å². The Morgan fingerprint density at radius 3 is 2.59 bits per heavy atom. The molecule has 212 valence electrons. The molecule has 9 nitrogen and oxygen atoms in total. The van der Waals surface area contributed by atoms with E-state index in [9.17, 15) is 22.8 Å². The average Bonchev–Trinajstić information content (AvgIpc) is 3.36. The van der Waals surface area contributed by atoms with Gasteiger partial charge in [0.05, 0.1) is 13.2 Å². The quantitative estimate of drug-likeness (QED) is 0.479. The predicted octanol–water partition coefficient (Wildman–Crippen LogP) is 4.25. The number of anilines is 3. The summed E-state index contributed by atoms with van der Waals surface area (Å²) in [6.45, 7) is 6.61. The maximum absolute atomic E-state index is 12.8. The second-order valence-electron chi connectivity index (χ2n) is 10.1. The lowest BCUT2D eigenvalue weighted by atomic mass is 10.00. The highest BCUT2D eigenvalue weighted by atomic mass is 19.4. The van der Waals surface area contributed by atoms with E-state index in [1.807, 2.05) is 31.2 Å². The summed E-state index contributed by atoms with van der Waals surface area (Å²) in [6.07, 6.45) is -4.79. The molecule has 2 aliphatic heterocycles. The second kappa shape index (κ2) is 12.1. The largest absolute Gasteiger partial charge is 0.389 e. The Balaban J connectivity index is 1.57. The van der Waals surface area contributed by atoms with E-state index in [2.05, 4.69) is 20.9 Å².